The van der Waals surface area contributed by atoms with Gasteiger partial charge in [0.1, 0.15) is 5.75 Å². The highest BCUT2D eigenvalue weighted by molar-refractivity contribution is 5.95. The molecule has 0 saturated heterocycles. The SMILES string of the molecule is N[C@@H](Cc1cnc[nH]1)C(=O)Nc1ccc2c(c1)CCO2. The Bertz CT molecular complexity index is 610. The minimum atomic E-state index is -0.611. The van der Waals surface area contributed by atoms with Crippen molar-refractivity contribution in [1.29, 1.82) is 0 Å². The van der Waals surface area contributed by atoms with Gasteiger partial charge in [-0.15, -0.1) is 0 Å². The van der Waals surface area contributed by atoms with E-state index in [1.807, 2.05) is 18.2 Å². The summed E-state index contributed by atoms with van der Waals surface area (Å²) in [5.41, 5.74) is 8.59. The zero-order valence-corrected chi connectivity index (χ0v) is 10.9. The number of benzene rings is 1. The van der Waals surface area contributed by atoms with E-state index < -0.39 is 6.04 Å². The molecule has 0 spiro atoms. The number of carbonyl (C=O) groups is 1. The molecule has 1 aliphatic rings. The average molecular weight is 272 g/mol. The zero-order valence-electron chi connectivity index (χ0n) is 10.9. The van der Waals surface area contributed by atoms with Crippen molar-refractivity contribution in [3.63, 3.8) is 0 Å². The highest BCUT2D eigenvalue weighted by Gasteiger charge is 2.17. The van der Waals surface area contributed by atoms with Gasteiger partial charge in [0.2, 0.25) is 5.91 Å². The molecule has 20 heavy (non-hydrogen) atoms. The number of imidazole rings is 1. The van der Waals surface area contributed by atoms with Crippen LogP contribution < -0.4 is 15.8 Å². The summed E-state index contributed by atoms with van der Waals surface area (Å²) in [6.07, 6.45) is 4.54. The Morgan fingerprint density at radius 3 is 3.25 bits per heavy atom. The van der Waals surface area contributed by atoms with E-state index >= 15 is 0 Å². The number of ether oxygens (including phenoxy) is 1. The molecule has 0 radical (unpaired) electrons. The molecule has 6 nitrogen and oxygen atoms in total. The molecule has 1 aromatic carbocycles. The van der Waals surface area contributed by atoms with E-state index in [1.54, 1.807) is 12.5 Å². The summed E-state index contributed by atoms with van der Waals surface area (Å²) in [7, 11) is 0. The van der Waals surface area contributed by atoms with Crippen LogP contribution in [0.5, 0.6) is 5.75 Å². The maximum Gasteiger partial charge on any atom is 0.241 e. The lowest BCUT2D eigenvalue weighted by Gasteiger charge is -2.12. The monoisotopic (exact) mass is 272 g/mol. The normalized spacial score (nSPS) is 14.4. The quantitative estimate of drug-likeness (QED) is 0.769. The number of anilines is 1. The first-order chi connectivity index (χ1) is 9.72. The standard InChI is InChI=1S/C14H16N4O2/c15-12(6-11-7-16-8-17-11)14(19)18-10-1-2-13-9(5-10)3-4-20-13/h1-2,5,7-8,12H,3-4,6,15H2,(H,16,17)(H,18,19)/t12-/m0/s1. The molecule has 0 unspecified atom stereocenters. The van der Waals surface area contributed by atoms with Crippen LogP contribution in [0.2, 0.25) is 0 Å². The number of amides is 1. The molecule has 2 heterocycles. The Balaban J connectivity index is 1.63. The number of nitrogens with one attached hydrogen (secondary N) is 2. The first-order valence-corrected chi connectivity index (χ1v) is 6.52. The van der Waals surface area contributed by atoms with Crippen molar-refractivity contribution in [3.05, 3.63) is 42.0 Å². The predicted octanol–water partition coefficient (Wildman–Crippen LogP) is 0.853. The van der Waals surface area contributed by atoms with E-state index in [2.05, 4.69) is 15.3 Å². The fourth-order valence-electron chi connectivity index (χ4n) is 2.23. The van der Waals surface area contributed by atoms with Gasteiger partial charge < -0.3 is 20.8 Å². The number of rotatable bonds is 4. The maximum atomic E-state index is 12.0. The smallest absolute Gasteiger partial charge is 0.241 e. The van der Waals surface area contributed by atoms with E-state index in [0.717, 1.165) is 29.1 Å². The fourth-order valence-corrected chi connectivity index (χ4v) is 2.23. The molecular formula is C14H16N4O2. The number of fused-ring (bicyclic) bond motifs is 1. The largest absolute Gasteiger partial charge is 0.493 e. The van der Waals surface area contributed by atoms with Gasteiger partial charge >= 0.3 is 0 Å². The first-order valence-electron chi connectivity index (χ1n) is 6.52. The van der Waals surface area contributed by atoms with Crippen LogP contribution in [0.1, 0.15) is 11.3 Å². The van der Waals surface area contributed by atoms with Gasteiger partial charge in [0, 0.05) is 30.4 Å². The molecular weight excluding hydrogens is 256 g/mol. The Morgan fingerprint density at radius 2 is 2.45 bits per heavy atom. The van der Waals surface area contributed by atoms with Crippen LogP contribution in [0.25, 0.3) is 0 Å². The first kappa shape index (κ1) is 12.7. The third-order valence-corrected chi connectivity index (χ3v) is 3.29. The van der Waals surface area contributed by atoms with Crippen LogP contribution in [0.3, 0.4) is 0 Å². The number of carbonyl (C=O) groups excluding carboxylic acids is 1. The van der Waals surface area contributed by atoms with Gasteiger partial charge in [0.15, 0.2) is 0 Å². The summed E-state index contributed by atoms with van der Waals surface area (Å²) in [6, 6.07) is 5.02. The number of H-pyrrole nitrogens is 1. The minimum absolute atomic E-state index is 0.210. The number of nitrogens with two attached hydrogens (primary N) is 1. The number of hydrogen-bond acceptors (Lipinski definition) is 4. The predicted molar refractivity (Wildman–Crippen MR) is 74.5 cm³/mol. The second-order valence-corrected chi connectivity index (χ2v) is 4.80. The number of aromatic amines is 1. The van der Waals surface area contributed by atoms with Crippen molar-refractivity contribution in [2.45, 2.75) is 18.9 Å². The van der Waals surface area contributed by atoms with Crippen molar-refractivity contribution in [2.24, 2.45) is 5.73 Å². The topological polar surface area (TPSA) is 93.0 Å². The van der Waals surface area contributed by atoms with Crippen molar-refractivity contribution in [3.8, 4) is 5.75 Å². The molecule has 4 N–H and O–H groups in total. The zero-order chi connectivity index (χ0) is 13.9. The third-order valence-electron chi connectivity index (χ3n) is 3.29. The molecule has 0 saturated carbocycles. The van der Waals surface area contributed by atoms with Crippen LogP contribution >= 0.6 is 0 Å². The van der Waals surface area contributed by atoms with Crippen molar-refractivity contribution >= 4 is 11.6 Å². The number of nitrogens with zero attached hydrogens (tertiary/aromatic N) is 1. The van der Waals surface area contributed by atoms with Gasteiger partial charge in [-0.2, -0.15) is 0 Å². The highest BCUT2D eigenvalue weighted by Crippen LogP contribution is 2.27. The van der Waals surface area contributed by atoms with Gasteiger partial charge in [-0.3, -0.25) is 4.79 Å². The van der Waals surface area contributed by atoms with E-state index in [9.17, 15) is 4.79 Å². The van der Waals surface area contributed by atoms with Gasteiger partial charge in [0.05, 0.1) is 19.0 Å². The van der Waals surface area contributed by atoms with E-state index in [4.69, 9.17) is 10.5 Å². The molecule has 1 atom stereocenters. The van der Waals surface area contributed by atoms with E-state index in [1.165, 1.54) is 0 Å². The highest BCUT2D eigenvalue weighted by atomic mass is 16.5. The van der Waals surface area contributed by atoms with Crippen LogP contribution in [-0.2, 0) is 17.6 Å². The van der Waals surface area contributed by atoms with E-state index in [-0.39, 0.29) is 5.91 Å². The fraction of sp³-hybridized carbons (Fsp3) is 0.286. The van der Waals surface area contributed by atoms with Gasteiger partial charge in [0.25, 0.3) is 0 Å². The molecule has 0 bridgehead atoms. The third kappa shape index (κ3) is 2.65. The summed E-state index contributed by atoms with van der Waals surface area (Å²) < 4.78 is 5.43. The summed E-state index contributed by atoms with van der Waals surface area (Å²) >= 11 is 0. The van der Waals surface area contributed by atoms with Gasteiger partial charge in [-0.1, -0.05) is 0 Å². The Hall–Kier alpha value is -2.34. The molecule has 1 aliphatic heterocycles. The van der Waals surface area contributed by atoms with Crippen LogP contribution in [0.4, 0.5) is 5.69 Å². The average Bonchev–Trinajstić information content (AvgIpc) is 3.08. The van der Waals surface area contributed by atoms with Crippen LogP contribution in [0.15, 0.2) is 30.7 Å². The molecule has 0 aliphatic carbocycles. The Morgan fingerprint density at radius 1 is 1.55 bits per heavy atom. The summed E-state index contributed by atoms with van der Waals surface area (Å²) in [5.74, 6) is 0.684. The summed E-state index contributed by atoms with van der Waals surface area (Å²) in [4.78, 5) is 18.9. The van der Waals surface area contributed by atoms with Crippen LogP contribution in [0, 0.1) is 0 Å². The number of aromatic nitrogens is 2. The Labute approximate surface area is 116 Å². The van der Waals surface area contributed by atoms with Crippen molar-refractivity contribution in [1.82, 2.24) is 9.97 Å². The summed E-state index contributed by atoms with van der Waals surface area (Å²) in [5, 5.41) is 2.83. The molecule has 1 aromatic heterocycles. The molecule has 2 aromatic rings. The minimum Gasteiger partial charge on any atom is -0.493 e. The molecule has 3 rings (SSSR count). The molecule has 104 valence electrons. The lowest BCUT2D eigenvalue weighted by molar-refractivity contribution is -0.117. The summed E-state index contributed by atoms with van der Waals surface area (Å²) in [6.45, 7) is 0.700. The second kappa shape index (κ2) is 5.34. The van der Waals surface area contributed by atoms with E-state index in [0.29, 0.717) is 13.0 Å². The van der Waals surface area contributed by atoms with Crippen LogP contribution in [-0.4, -0.2) is 28.5 Å². The van der Waals surface area contributed by atoms with Gasteiger partial charge in [-0.25, -0.2) is 4.98 Å². The van der Waals surface area contributed by atoms with Crippen molar-refractivity contribution in [2.75, 3.05) is 11.9 Å². The Kier molecular flexibility index (Phi) is 3.39. The lowest BCUT2D eigenvalue weighted by atomic mass is 10.1. The lowest BCUT2D eigenvalue weighted by Crippen LogP contribution is -2.37. The second-order valence-electron chi connectivity index (χ2n) is 4.80. The molecule has 0 fully saturated rings. The van der Waals surface area contributed by atoms with Crippen molar-refractivity contribution < 1.29 is 9.53 Å². The maximum absolute atomic E-state index is 12.0. The molecule has 6 heteroatoms. The molecule has 1 amide bonds. The number of hydrogen-bond donors (Lipinski definition) is 3. The van der Waals surface area contributed by atoms with Gasteiger partial charge in [-0.05, 0) is 23.8 Å².